The molecule has 0 atom stereocenters. The molecule has 1 amide bonds. The summed E-state index contributed by atoms with van der Waals surface area (Å²) < 4.78 is 39.2. The summed E-state index contributed by atoms with van der Waals surface area (Å²) in [5.41, 5.74) is 5.22. The molecule has 0 aliphatic heterocycles. The van der Waals surface area contributed by atoms with Crippen molar-refractivity contribution in [3.05, 3.63) is 42.2 Å². The van der Waals surface area contributed by atoms with Crippen molar-refractivity contribution < 1.29 is 18.0 Å². The number of anilines is 1. The van der Waals surface area contributed by atoms with Gasteiger partial charge in [0.05, 0.1) is 11.9 Å². The molecule has 2 rings (SSSR count). The van der Waals surface area contributed by atoms with E-state index in [9.17, 15) is 18.0 Å². The molecule has 1 aromatic carbocycles. The fourth-order valence-corrected chi connectivity index (χ4v) is 1.90. The third-order valence-corrected chi connectivity index (χ3v) is 2.94. The summed E-state index contributed by atoms with van der Waals surface area (Å²) in [5.74, 6) is -0.187. The molecule has 0 spiro atoms. The maximum absolute atomic E-state index is 12.8. The van der Waals surface area contributed by atoms with Crippen molar-refractivity contribution in [2.75, 3.05) is 11.9 Å². The van der Waals surface area contributed by atoms with E-state index in [1.807, 2.05) is 0 Å². The number of amides is 1. The van der Waals surface area contributed by atoms with Gasteiger partial charge in [0.15, 0.2) is 0 Å². The van der Waals surface area contributed by atoms with Crippen LogP contribution < -0.4 is 11.1 Å². The largest absolute Gasteiger partial charge is 0.433 e. The average molecular weight is 349 g/mol. The summed E-state index contributed by atoms with van der Waals surface area (Å²) >= 11 is 0. The van der Waals surface area contributed by atoms with Gasteiger partial charge in [0.25, 0.3) is 0 Å². The quantitative estimate of drug-likeness (QED) is 0.872. The average Bonchev–Trinajstić information content (AvgIpc) is 2.95. The Morgan fingerprint density at radius 2 is 1.87 bits per heavy atom. The molecule has 2 aromatic rings. The summed E-state index contributed by atoms with van der Waals surface area (Å²) in [5, 5.41) is 6.33. The number of hydrogen-bond acceptors (Lipinski definition) is 3. The Labute approximate surface area is 137 Å². The highest BCUT2D eigenvalue weighted by Gasteiger charge is 2.35. The van der Waals surface area contributed by atoms with Crippen molar-refractivity contribution in [2.24, 2.45) is 5.73 Å². The van der Waals surface area contributed by atoms with E-state index in [1.165, 1.54) is 24.3 Å². The third-order valence-electron chi connectivity index (χ3n) is 2.94. The summed E-state index contributed by atoms with van der Waals surface area (Å²) in [6, 6.07) is 6.87. The summed E-state index contributed by atoms with van der Waals surface area (Å²) in [7, 11) is 0. The number of benzene rings is 1. The molecule has 5 nitrogen and oxygen atoms in total. The van der Waals surface area contributed by atoms with Gasteiger partial charge in [-0.3, -0.25) is 4.79 Å². The van der Waals surface area contributed by atoms with E-state index in [-0.39, 0.29) is 24.0 Å². The van der Waals surface area contributed by atoms with Gasteiger partial charge >= 0.3 is 6.18 Å². The van der Waals surface area contributed by atoms with Crippen molar-refractivity contribution >= 4 is 24.0 Å². The molecular formula is C14H16ClF3N4O. The third kappa shape index (κ3) is 4.97. The maximum atomic E-state index is 12.8. The minimum atomic E-state index is -4.48. The van der Waals surface area contributed by atoms with Crippen LogP contribution >= 0.6 is 12.4 Å². The maximum Gasteiger partial charge on any atom is 0.433 e. The predicted octanol–water partition coefficient (Wildman–Crippen LogP) is 2.99. The first-order chi connectivity index (χ1) is 10.4. The molecule has 1 heterocycles. The van der Waals surface area contributed by atoms with Crippen molar-refractivity contribution in [2.45, 2.75) is 19.0 Å². The number of hydrogen-bond donors (Lipinski definition) is 2. The van der Waals surface area contributed by atoms with Crippen molar-refractivity contribution in [3.63, 3.8) is 0 Å². The lowest BCUT2D eigenvalue weighted by Gasteiger charge is -2.11. The normalized spacial score (nSPS) is 11.0. The minimum Gasteiger partial charge on any atom is -0.330 e. The number of aromatic nitrogens is 2. The number of halogens is 4. The fourth-order valence-electron chi connectivity index (χ4n) is 1.90. The summed E-state index contributed by atoms with van der Waals surface area (Å²) in [4.78, 5) is 11.5. The second-order valence-corrected chi connectivity index (χ2v) is 4.61. The summed E-state index contributed by atoms with van der Waals surface area (Å²) in [6.07, 6.45) is -2.52. The number of carbonyl (C=O) groups excluding carboxylic acids is 1. The van der Waals surface area contributed by atoms with E-state index in [4.69, 9.17) is 5.73 Å². The molecule has 0 radical (unpaired) electrons. The van der Waals surface area contributed by atoms with Crippen LogP contribution in [0.3, 0.4) is 0 Å². The first-order valence-corrected chi connectivity index (χ1v) is 6.63. The van der Waals surface area contributed by atoms with Crippen molar-refractivity contribution in [1.82, 2.24) is 9.78 Å². The van der Waals surface area contributed by atoms with Gasteiger partial charge < -0.3 is 11.1 Å². The lowest BCUT2D eigenvalue weighted by atomic mass is 10.2. The second kappa shape index (κ2) is 7.98. The van der Waals surface area contributed by atoms with Gasteiger partial charge in [-0.05, 0) is 43.3 Å². The van der Waals surface area contributed by atoms with Crippen LogP contribution in [0.15, 0.2) is 36.5 Å². The SMILES string of the molecule is Cl.NCCCC(=O)Nc1ccc(-n2nccc2C(F)(F)F)cc1. The Hall–Kier alpha value is -2.06. The van der Waals surface area contributed by atoms with Gasteiger partial charge in [0.1, 0.15) is 5.69 Å². The van der Waals surface area contributed by atoms with E-state index in [0.717, 1.165) is 16.9 Å². The number of nitrogens with zero attached hydrogens (tertiary/aromatic N) is 2. The highest BCUT2D eigenvalue weighted by Crippen LogP contribution is 2.30. The molecular weight excluding hydrogens is 333 g/mol. The van der Waals surface area contributed by atoms with Crippen LogP contribution in [0.2, 0.25) is 0 Å². The zero-order valence-corrected chi connectivity index (χ0v) is 12.8. The molecule has 1 aromatic heterocycles. The minimum absolute atomic E-state index is 0. The van der Waals surface area contributed by atoms with Gasteiger partial charge in [-0.2, -0.15) is 18.3 Å². The van der Waals surface area contributed by atoms with Gasteiger partial charge in [0, 0.05) is 12.1 Å². The number of carbonyl (C=O) groups is 1. The zero-order chi connectivity index (χ0) is 16.2. The lowest BCUT2D eigenvalue weighted by molar-refractivity contribution is -0.142. The topological polar surface area (TPSA) is 72.9 Å². The molecule has 0 aliphatic carbocycles. The molecule has 0 bridgehead atoms. The molecule has 0 unspecified atom stereocenters. The first kappa shape index (κ1) is 19.0. The van der Waals surface area contributed by atoms with Crippen LogP contribution in [0.4, 0.5) is 18.9 Å². The van der Waals surface area contributed by atoms with E-state index >= 15 is 0 Å². The summed E-state index contributed by atoms with van der Waals surface area (Å²) in [6.45, 7) is 0.422. The van der Waals surface area contributed by atoms with Crippen LogP contribution in [-0.2, 0) is 11.0 Å². The van der Waals surface area contributed by atoms with Crippen LogP contribution in [0.1, 0.15) is 18.5 Å². The van der Waals surface area contributed by atoms with Gasteiger partial charge in [-0.1, -0.05) is 0 Å². The molecule has 23 heavy (non-hydrogen) atoms. The molecule has 3 N–H and O–H groups in total. The Morgan fingerprint density at radius 3 is 2.43 bits per heavy atom. The molecule has 9 heteroatoms. The van der Waals surface area contributed by atoms with Gasteiger partial charge in [0.2, 0.25) is 5.91 Å². The molecule has 0 saturated heterocycles. The monoisotopic (exact) mass is 348 g/mol. The standard InChI is InChI=1S/C14H15F3N4O.ClH/c15-14(16,17)12-7-9-19-21(12)11-5-3-10(4-6-11)20-13(22)2-1-8-18;/h3-7,9H,1-2,8,18H2,(H,20,22);1H. The zero-order valence-electron chi connectivity index (χ0n) is 12.0. The van der Waals surface area contributed by atoms with E-state index in [0.29, 0.717) is 25.1 Å². The molecule has 0 fully saturated rings. The highest BCUT2D eigenvalue weighted by atomic mass is 35.5. The predicted molar refractivity (Wildman–Crippen MR) is 82.7 cm³/mol. The second-order valence-electron chi connectivity index (χ2n) is 4.61. The van der Waals surface area contributed by atoms with Crippen LogP contribution in [-0.4, -0.2) is 22.2 Å². The van der Waals surface area contributed by atoms with Crippen LogP contribution in [0, 0.1) is 0 Å². The van der Waals surface area contributed by atoms with E-state index < -0.39 is 11.9 Å². The van der Waals surface area contributed by atoms with Gasteiger partial charge in [-0.25, -0.2) is 4.68 Å². The van der Waals surface area contributed by atoms with Crippen molar-refractivity contribution in [1.29, 1.82) is 0 Å². The van der Waals surface area contributed by atoms with Crippen LogP contribution in [0.5, 0.6) is 0 Å². The fraction of sp³-hybridized carbons (Fsp3) is 0.286. The Morgan fingerprint density at radius 1 is 1.22 bits per heavy atom. The van der Waals surface area contributed by atoms with Crippen LogP contribution in [0.25, 0.3) is 5.69 Å². The molecule has 0 saturated carbocycles. The number of nitrogens with one attached hydrogen (secondary N) is 1. The lowest BCUT2D eigenvalue weighted by Crippen LogP contribution is -2.14. The molecule has 0 aliphatic rings. The first-order valence-electron chi connectivity index (χ1n) is 6.63. The number of nitrogens with two attached hydrogens (primary N) is 1. The Bertz CT molecular complexity index is 640. The number of rotatable bonds is 5. The van der Waals surface area contributed by atoms with E-state index in [1.54, 1.807) is 0 Å². The highest BCUT2D eigenvalue weighted by molar-refractivity contribution is 5.90. The molecule has 126 valence electrons. The Balaban J connectivity index is 0.00000264. The van der Waals surface area contributed by atoms with Gasteiger partial charge in [-0.15, -0.1) is 12.4 Å². The van der Waals surface area contributed by atoms with Crippen molar-refractivity contribution in [3.8, 4) is 5.69 Å². The Kier molecular flexibility index (Phi) is 6.59. The smallest absolute Gasteiger partial charge is 0.330 e. The van der Waals surface area contributed by atoms with E-state index in [2.05, 4.69) is 10.4 Å². The number of alkyl halides is 3.